The topological polar surface area (TPSA) is 97.4 Å². The van der Waals surface area contributed by atoms with Crippen LogP contribution in [0.3, 0.4) is 0 Å². The van der Waals surface area contributed by atoms with Gasteiger partial charge in [-0.1, -0.05) is 82.9 Å². The maximum absolute atomic E-state index is 11.7. The maximum atomic E-state index is 11.7. The average molecular weight is 567 g/mol. The summed E-state index contributed by atoms with van der Waals surface area (Å²) in [6.07, 6.45) is 16.9. The minimum atomic E-state index is -0.403. The number of azo groups is 1. The number of carbonyl (C=O) groups is 1. The van der Waals surface area contributed by atoms with Crippen LogP contribution in [-0.2, 0) is 22.5 Å². The molecule has 8 heteroatoms. The zero-order valence-electron chi connectivity index (χ0n) is 25.6. The first-order chi connectivity index (χ1) is 19.7. The molecule has 1 amide bonds. The van der Waals surface area contributed by atoms with E-state index in [0.29, 0.717) is 12.2 Å². The largest absolute Gasteiger partial charge is 0.296 e. The zero-order valence-corrected chi connectivity index (χ0v) is 25.6. The van der Waals surface area contributed by atoms with Crippen LogP contribution in [0.1, 0.15) is 116 Å². The highest BCUT2D eigenvalue weighted by atomic mass is 16.7. The van der Waals surface area contributed by atoms with Gasteiger partial charge in [0.05, 0.1) is 16.2 Å². The average Bonchev–Trinajstić information content (AvgIpc) is 2.94. The summed E-state index contributed by atoms with van der Waals surface area (Å²) in [6.45, 7) is 8.53. The molecule has 0 aromatic heterocycles. The van der Waals surface area contributed by atoms with E-state index in [-0.39, 0.29) is 16.3 Å². The second-order valence-corrected chi connectivity index (χ2v) is 11.8. The molecule has 0 unspecified atom stereocenters. The summed E-state index contributed by atoms with van der Waals surface area (Å²) >= 11 is 0. The van der Waals surface area contributed by atoms with Crippen molar-refractivity contribution in [2.45, 2.75) is 123 Å². The molecule has 0 heterocycles. The van der Waals surface area contributed by atoms with E-state index in [1.807, 2.05) is 51.1 Å². The van der Waals surface area contributed by atoms with Gasteiger partial charge in [-0.3, -0.25) is 19.7 Å². The fourth-order valence-electron chi connectivity index (χ4n) is 4.68. The first kappa shape index (κ1) is 34.1. The fourth-order valence-corrected chi connectivity index (χ4v) is 4.68. The van der Waals surface area contributed by atoms with Crippen LogP contribution in [0.15, 0.2) is 52.7 Å². The van der Waals surface area contributed by atoms with E-state index in [2.05, 4.69) is 17.2 Å². The smallest absolute Gasteiger partial charge is 0.276 e. The van der Waals surface area contributed by atoms with Crippen molar-refractivity contribution in [2.75, 3.05) is 6.54 Å². The van der Waals surface area contributed by atoms with Gasteiger partial charge >= 0.3 is 0 Å². The van der Waals surface area contributed by atoms with Crippen LogP contribution >= 0.6 is 0 Å². The van der Waals surface area contributed by atoms with Crippen LogP contribution in [0.2, 0.25) is 0 Å². The normalized spacial score (nSPS) is 11.7. The monoisotopic (exact) mass is 566 g/mol. The van der Waals surface area contributed by atoms with E-state index in [9.17, 15) is 14.9 Å². The second-order valence-electron chi connectivity index (χ2n) is 11.8. The molecular formula is C33H50N4O4. The van der Waals surface area contributed by atoms with Crippen molar-refractivity contribution in [3.8, 4) is 0 Å². The Labute approximate surface area is 246 Å². The molecule has 0 saturated heterocycles. The third-order valence-corrected chi connectivity index (χ3v) is 6.87. The molecule has 2 aromatic carbocycles. The number of nitro benzene ring substituents is 1. The van der Waals surface area contributed by atoms with Gasteiger partial charge in [0.1, 0.15) is 0 Å². The van der Waals surface area contributed by atoms with Crippen molar-refractivity contribution in [3.05, 3.63) is 63.7 Å². The number of carbonyl (C=O) groups excluding carboxylic acids is 1. The van der Waals surface area contributed by atoms with Crippen molar-refractivity contribution in [1.29, 1.82) is 0 Å². The van der Waals surface area contributed by atoms with Gasteiger partial charge in [-0.2, -0.15) is 5.11 Å². The zero-order chi connectivity index (χ0) is 29.9. The van der Waals surface area contributed by atoms with Crippen molar-refractivity contribution in [3.63, 3.8) is 0 Å². The van der Waals surface area contributed by atoms with Crippen molar-refractivity contribution in [1.82, 2.24) is 5.06 Å². The molecule has 0 fully saturated rings. The molecule has 0 aliphatic heterocycles. The van der Waals surface area contributed by atoms with Crippen LogP contribution in [0, 0.1) is 10.1 Å². The number of hydroxylamine groups is 2. The Balaban J connectivity index is 1.78. The standard InChI is InChI=1S/C33H50N4O4/c1-5-6-7-8-9-10-11-12-13-14-18-29-21-24-31(32(26-29)37(39)40)35-34-30-22-19-28(20-23-30)17-15-16-25-36(27-38)41-33(2,3)4/h19-24,26-27H,5-18,25H2,1-4H3. The predicted octanol–water partition coefficient (Wildman–Crippen LogP) is 9.98. The second kappa shape index (κ2) is 19.1. The highest BCUT2D eigenvalue weighted by Gasteiger charge is 2.16. The Morgan fingerprint density at radius 1 is 0.805 bits per heavy atom. The molecule has 0 radical (unpaired) electrons. The lowest BCUT2D eigenvalue weighted by molar-refractivity contribution is -0.384. The van der Waals surface area contributed by atoms with E-state index in [4.69, 9.17) is 4.84 Å². The summed E-state index contributed by atoms with van der Waals surface area (Å²) in [5.41, 5.74) is 2.63. The van der Waals surface area contributed by atoms with Gasteiger partial charge in [0.2, 0.25) is 6.41 Å². The molecule has 0 saturated carbocycles. The van der Waals surface area contributed by atoms with E-state index < -0.39 is 5.60 Å². The summed E-state index contributed by atoms with van der Waals surface area (Å²) in [5, 5.41) is 21.5. The number of unbranched alkanes of at least 4 members (excludes halogenated alkanes) is 10. The first-order valence-electron chi connectivity index (χ1n) is 15.4. The summed E-state index contributed by atoms with van der Waals surface area (Å²) in [6, 6.07) is 13.0. The van der Waals surface area contributed by atoms with Gasteiger partial charge in [0.25, 0.3) is 5.69 Å². The van der Waals surface area contributed by atoms with Gasteiger partial charge in [0.15, 0.2) is 5.69 Å². The van der Waals surface area contributed by atoms with Crippen LogP contribution in [0.25, 0.3) is 0 Å². The number of nitro groups is 1. The minimum absolute atomic E-state index is 0.00485. The number of benzene rings is 2. The molecule has 0 atom stereocenters. The molecule has 0 aliphatic rings. The predicted molar refractivity (Wildman–Crippen MR) is 166 cm³/mol. The third-order valence-electron chi connectivity index (χ3n) is 6.87. The van der Waals surface area contributed by atoms with Gasteiger partial charge in [0, 0.05) is 12.6 Å². The molecule has 0 N–H and O–H groups in total. The van der Waals surface area contributed by atoms with Crippen LogP contribution in [0.5, 0.6) is 0 Å². The Bertz CT molecular complexity index is 1060. The van der Waals surface area contributed by atoms with E-state index >= 15 is 0 Å². The minimum Gasteiger partial charge on any atom is -0.276 e. The van der Waals surface area contributed by atoms with Crippen molar-refractivity contribution in [2.24, 2.45) is 10.2 Å². The Kier molecular flexibility index (Phi) is 15.9. The van der Waals surface area contributed by atoms with Crippen molar-refractivity contribution >= 4 is 23.5 Å². The molecule has 8 nitrogen and oxygen atoms in total. The maximum Gasteiger partial charge on any atom is 0.296 e. The Morgan fingerprint density at radius 3 is 1.95 bits per heavy atom. The summed E-state index contributed by atoms with van der Waals surface area (Å²) in [5.74, 6) is 0. The first-order valence-corrected chi connectivity index (χ1v) is 15.4. The lowest BCUT2D eigenvalue weighted by atomic mass is 10.0. The highest BCUT2D eigenvalue weighted by Crippen LogP contribution is 2.31. The van der Waals surface area contributed by atoms with Crippen LogP contribution in [0.4, 0.5) is 17.1 Å². The summed E-state index contributed by atoms with van der Waals surface area (Å²) in [4.78, 5) is 28.1. The van der Waals surface area contributed by atoms with E-state index in [0.717, 1.165) is 56.1 Å². The SMILES string of the molecule is CCCCCCCCCCCCc1ccc(N=Nc2ccc(CCCCN(C=O)OC(C)(C)C)cc2)c([N+](=O)[O-])c1. The molecule has 0 spiro atoms. The number of nitrogens with zero attached hydrogens (tertiary/aromatic N) is 4. The molecule has 2 aromatic rings. The lowest BCUT2D eigenvalue weighted by Gasteiger charge is -2.26. The molecule has 41 heavy (non-hydrogen) atoms. The summed E-state index contributed by atoms with van der Waals surface area (Å²) in [7, 11) is 0. The molecule has 226 valence electrons. The fraction of sp³-hybridized carbons (Fsp3) is 0.606. The number of amides is 1. The highest BCUT2D eigenvalue weighted by molar-refractivity contribution is 5.58. The van der Waals surface area contributed by atoms with Gasteiger partial charge in [-0.25, -0.2) is 5.06 Å². The Hall–Kier alpha value is -3.13. The number of hydrogen-bond donors (Lipinski definition) is 0. The number of rotatable bonds is 21. The number of aryl methyl sites for hydroxylation is 2. The molecule has 0 bridgehead atoms. The van der Waals surface area contributed by atoms with E-state index in [1.165, 1.54) is 56.4 Å². The Morgan fingerprint density at radius 2 is 1.37 bits per heavy atom. The van der Waals surface area contributed by atoms with Gasteiger partial charge in [-0.05, 0) is 82.2 Å². The van der Waals surface area contributed by atoms with Crippen LogP contribution < -0.4 is 0 Å². The van der Waals surface area contributed by atoms with Gasteiger partial charge in [-0.15, -0.1) is 5.11 Å². The molecular weight excluding hydrogens is 516 g/mol. The molecule has 0 aliphatic carbocycles. The molecule has 2 rings (SSSR count). The number of hydrogen-bond acceptors (Lipinski definition) is 6. The quantitative estimate of drug-likeness (QED) is 0.0493. The lowest BCUT2D eigenvalue weighted by Crippen LogP contribution is -2.33. The summed E-state index contributed by atoms with van der Waals surface area (Å²) < 4.78 is 0. The third kappa shape index (κ3) is 14.9. The van der Waals surface area contributed by atoms with Crippen LogP contribution in [-0.4, -0.2) is 28.5 Å². The van der Waals surface area contributed by atoms with E-state index in [1.54, 1.807) is 12.1 Å². The van der Waals surface area contributed by atoms with Gasteiger partial charge < -0.3 is 0 Å². The van der Waals surface area contributed by atoms with Crippen molar-refractivity contribution < 1.29 is 14.6 Å².